The van der Waals surface area contributed by atoms with E-state index in [2.05, 4.69) is 50.2 Å². The third-order valence-corrected chi connectivity index (χ3v) is 5.98. The summed E-state index contributed by atoms with van der Waals surface area (Å²) in [5.41, 5.74) is 2.94. The molecule has 0 N–H and O–H groups in total. The second kappa shape index (κ2) is 5.37. The van der Waals surface area contributed by atoms with Crippen molar-refractivity contribution in [1.82, 2.24) is 4.90 Å². The highest BCUT2D eigenvalue weighted by molar-refractivity contribution is 5.74. The van der Waals surface area contributed by atoms with Crippen LogP contribution in [0, 0.1) is 0 Å². The quantitative estimate of drug-likeness (QED) is 0.843. The molecule has 1 heterocycles. The number of ether oxygens (including phenoxy) is 1. The Morgan fingerprint density at radius 2 is 1.75 bits per heavy atom. The van der Waals surface area contributed by atoms with Gasteiger partial charge in [0.2, 0.25) is 0 Å². The van der Waals surface area contributed by atoms with Crippen molar-refractivity contribution in [3.8, 4) is 0 Å². The fraction of sp³-hybridized carbons (Fsp3) is 0.381. The molecule has 1 aliphatic heterocycles. The van der Waals surface area contributed by atoms with Crippen molar-refractivity contribution in [3.63, 3.8) is 0 Å². The third-order valence-electron chi connectivity index (χ3n) is 5.98. The van der Waals surface area contributed by atoms with Gasteiger partial charge in [-0.3, -0.25) is 4.90 Å². The molecule has 0 saturated carbocycles. The van der Waals surface area contributed by atoms with Crippen LogP contribution in [-0.2, 0) is 23.1 Å². The van der Waals surface area contributed by atoms with E-state index in [0.717, 1.165) is 19.3 Å². The monoisotopic (exact) mass is 321 g/mol. The number of fused-ring (bicyclic) bond motifs is 3. The van der Waals surface area contributed by atoms with Gasteiger partial charge in [-0.05, 0) is 49.8 Å². The SMILES string of the molecule is C[C@@]12c3ccccc3CC[C@]1(C)OC(=O)N2CCc1ccccc1. The minimum absolute atomic E-state index is 0.187. The normalized spacial score (nSPS) is 28.2. The van der Waals surface area contributed by atoms with Gasteiger partial charge in [0.25, 0.3) is 0 Å². The molecule has 24 heavy (non-hydrogen) atoms. The van der Waals surface area contributed by atoms with Crippen LogP contribution >= 0.6 is 0 Å². The molecule has 4 rings (SSSR count). The largest absolute Gasteiger partial charge is 0.440 e. The maximum atomic E-state index is 12.7. The number of carbonyl (C=O) groups excluding carboxylic acids is 1. The van der Waals surface area contributed by atoms with Crippen LogP contribution in [0.5, 0.6) is 0 Å². The zero-order valence-corrected chi connectivity index (χ0v) is 14.3. The lowest BCUT2D eigenvalue weighted by Crippen LogP contribution is -2.55. The second-order valence-corrected chi connectivity index (χ2v) is 7.22. The van der Waals surface area contributed by atoms with Gasteiger partial charge in [-0.1, -0.05) is 54.6 Å². The Labute approximate surface area is 143 Å². The van der Waals surface area contributed by atoms with Gasteiger partial charge in [-0.15, -0.1) is 0 Å². The summed E-state index contributed by atoms with van der Waals surface area (Å²) in [5, 5.41) is 0. The van der Waals surface area contributed by atoms with Crippen molar-refractivity contribution in [2.24, 2.45) is 0 Å². The van der Waals surface area contributed by atoms with Crippen LogP contribution in [0.1, 0.15) is 37.0 Å². The van der Waals surface area contributed by atoms with E-state index in [1.807, 2.05) is 23.1 Å². The van der Waals surface area contributed by atoms with Gasteiger partial charge in [-0.25, -0.2) is 4.79 Å². The maximum Gasteiger partial charge on any atom is 0.411 e. The van der Waals surface area contributed by atoms with E-state index in [4.69, 9.17) is 4.74 Å². The Balaban J connectivity index is 1.71. The van der Waals surface area contributed by atoms with Gasteiger partial charge in [0.05, 0.1) is 0 Å². The minimum Gasteiger partial charge on any atom is -0.440 e. The predicted molar refractivity (Wildman–Crippen MR) is 93.9 cm³/mol. The summed E-state index contributed by atoms with van der Waals surface area (Å²) in [6, 6.07) is 18.8. The minimum atomic E-state index is -0.463. The highest BCUT2D eigenvalue weighted by atomic mass is 16.6. The Kier molecular flexibility index (Phi) is 3.41. The second-order valence-electron chi connectivity index (χ2n) is 7.22. The highest BCUT2D eigenvalue weighted by Crippen LogP contribution is 2.52. The van der Waals surface area contributed by atoms with Crippen molar-refractivity contribution in [1.29, 1.82) is 0 Å². The average molecular weight is 321 g/mol. The molecule has 1 saturated heterocycles. The molecule has 1 aliphatic carbocycles. The fourth-order valence-electron chi connectivity index (χ4n) is 4.33. The Morgan fingerprint density at radius 1 is 1.04 bits per heavy atom. The van der Waals surface area contributed by atoms with E-state index in [1.54, 1.807) is 0 Å². The van der Waals surface area contributed by atoms with Crippen LogP contribution in [0.2, 0.25) is 0 Å². The molecule has 0 spiro atoms. The van der Waals surface area contributed by atoms with Crippen molar-refractivity contribution in [3.05, 3.63) is 71.3 Å². The average Bonchev–Trinajstić information content (AvgIpc) is 2.80. The molecule has 1 amide bonds. The van der Waals surface area contributed by atoms with E-state index in [-0.39, 0.29) is 6.09 Å². The lowest BCUT2D eigenvalue weighted by molar-refractivity contribution is -0.00949. The first-order valence-electron chi connectivity index (χ1n) is 8.67. The van der Waals surface area contributed by atoms with E-state index in [0.29, 0.717) is 6.54 Å². The first-order chi connectivity index (χ1) is 11.5. The Morgan fingerprint density at radius 3 is 2.54 bits per heavy atom. The van der Waals surface area contributed by atoms with Gasteiger partial charge < -0.3 is 4.74 Å². The number of hydrogen-bond acceptors (Lipinski definition) is 2. The molecule has 2 aliphatic rings. The molecule has 0 bridgehead atoms. The lowest BCUT2D eigenvalue weighted by atomic mass is 9.67. The topological polar surface area (TPSA) is 29.5 Å². The molecule has 3 heteroatoms. The third kappa shape index (κ3) is 2.07. The van der Waals surface area contributed by atoms with Gasteiger partial charge in [-0.2, -0.15) is 0 Å². The number of hydrogen-bond donors (Lipinski definition) is 0. The molecule has 0 unspecified atom stereocenters. The van der Waals surface area contributed by atoms with E-state index in [1.165, 1.54) is 16.7 Å². The summed E-state index contributed by atoms with van der Waals surface area (Å²) in [6.07, 6.45) is 2.48. The van der Waals surface area contributed by atoms with E-state index >= 15 is 0 Å². The first kappa shape index (κ1) is 15.3. The number of nitrogens with zero attached hydrogens (tertiary/aromatic N) is 1. The number of amides is 1. The van der Waals surface area contributed by atoms with Crippen LogP contribution in [0.25, 0.3) is 0 Å². The highest BCUT2D eigenvalue weighted by Gasteiger charge is 2.62. The van der Waals surface area contributed by atoms with Gasteiger partial charge in [0.1, 0.15) is 11.1 Å². The molecule has 2 aromatic rings. The Bertz CT molecular complexity index is 772. The summed E-state index contributed by atoms with van der Waals surface area (Å²) in [7, 11) is 0. The molecular formula is C21H23NO2. The number of rotatable bonds is 3. The standard InChI is InChI=1S/C21H23NO2/c1-20-14-12-17-10-6-7-11-18(17)21(20,2)22(19(23)24-20)15-13-16-8-4-3-5-9-16/h3-11H,12-15H2,1-2H3/t20-,21+/m0/s1. The smallest absolute Gasteiger partial charge is 0.411 e. The number of benzene rings is 2. The molecule has 1 fully saturated rings. The van der Waals surface area contributed by atoms with Crippen molar-refractivity contribution in [2.45, 2.75) is 44.2 Å². The van der Waals surface area contributed by atoms with Crippen LogP contribution in [-0.4, -0.2) is 23.1 Å². The van der Waals surface area contributed by atoms with Gasteiger partial charge in [0.15, 0.2) is 0 Å². The molecule has 3 nitrogen and oxygen atoms in total. The summed E-state index contributed by atoms with van der Waals surface area (Å²) in [5.74, 6) is 0. The zero-order valence-electron chi connectivity index (χ0n) is 14.3. The van der Waals surface area contributed by atoms with Crippen molar-refractivity contribution in [2.75, 3.05) is 6.54 Å². The van der Waals surface area contributed by atoms with Crippen molar-refractivity contribution < 1.29 is 9.53 Å². The summed E-state index contributed by atoms with van der Waals surface area (Å²) < 4.78 is 5.90. The molecule has 0 radical (unpaired) electrons. The summed E-state index contributed by atoms with van der Waals surface area (Å²) >= 11 is 0. The number of carbonyl (C=O) groups is 1. The van der Waals surface area contributed by atoms with Crippen LogP contribution in [0.4, 0.5) is 4.79 Å². The lowest BCUT2D eigenvalue weighted by Gasteiger charge is -2.46. The van der Waals surface area contributed by atoms with Gasteiger partial charge >= 0.3 is 6.09 Å². The maximum absolute atomic E-state index is 12.7. The first-order valence-corrected chi connectivity index (χ1v) is 8.67. The molecule has 0 aromatic heterocycles. The Hall–Kier alpha value is -2.29. The van der Waals surface area contributed by atoms with Crippen LogP contribution in [0.3, 0.4) is 0 Å². The van der Waals surface area contributed by atoms with E-state index < -0.39 is 11.1 Å². The number of aryl methyl sites for hydroxylation is 1. The van der Waals surface area contributed by atoms with Crippen LogP contribution < -0.4 is 0 Å². The van der Waals surface area contributed by atoms with E-state index in [9.17, 15) is 4.79 Å². The predicted octanol–water partition coefficient (Wildman–Crippen LogP) is 4.30. The van der Waals surface area contributed by atoms with Gasteiger partial charge in [0, 0.05) is 6.54 Å². The molecule has 124 valence electrons. The van der Waals surface area contributed by atoms with Crippen LogP contribution in [0.15, 0.2) is 54.6 Å². The zero-order chi connectivity index (χ0) is 16.8. The van der Waals surface area contributed by atoms with Crippen molar-refractivity contribution >= 4 is 6.09 Å². The summed E-state index contributed by atoms with van der Waals surface area (Å²) in [6.45, 7) is 4.92. The molecule has 2 aromatic carbocycles. The molecular weight excluding hydrogens is 298 g/mol. The molecule has 2 atom stereocenters. The summed E-state index contributed by atoms with van der Waals surface area (Å²) in [4.78, 5) is 14.6. The fourth-order valence-corrected chi connectivity index (χ4v) is 4.33.